The molecule has 0 saturated heterocycles. The molecule has 0 fully saturated rings. The molecule has 11 heavy (non-hydrogen) atoms. The molecule has 0 bridgehead atoms. The highest BCUT2D eigenvalue weighted by atomic mass is 15.5. The van der Waals surface area contributed by atoms with Crippen molar-refractivity contribution in [3.63, 3.8) is 0 Å². The van der Waals surface area contributed by atoms with Crippen LogP contribution in [0.25, 0.3) is 0 Å². The molecule has 1 aliphatic carbocycles. The fraction of sp³-hybridized carbons (Fsp3) is 0.750. The molecular formula is C8H11N3. The summed E-state index contributed by atoms with van der Waals surface area (Å²) in [5, 5.41) is 7.92. The third kappa shape index (κ3) is 1.35. The lowest BCUT2D eigenvalue weighted by Gasteiger charge is -2.14. The predicted octanol–water partition coefficient (Wildman–Crippen LogP) is 1.27. The SMILES string of the molecule is C1#CCC2NN=NC2CCC1. The van der Waals surface area contributed by atoms with Crippen molar-refractivity contribution in [3.05, 3.63) is 0 Å². The molecule has 2 atom stereocenters. The van der Waals surface area contributed by atoms with Gasteiger partial charge in [0.05, 0.1) is 12.1 Å². The smallest absolute Gasteiger partial charge is 0.0956 e. The molecule has 0 saturated carbocycles. The molecule has 2 aliphatic rings. The molecule has 0 radical (unpaired) electrons. The van der Waals surface area contributed by atoms with E-state index in [2.05, 4.69) is 27.6 Å². The standard InChI is InChI=1S/C8H11N3/c1-2-4-6-8-7(5-3-1)9-11-10-8/h7-8H,1,3,5-6H2,(H,9,10). The van der Waals surface area contributed by atoms with Crippen molar-refractivity contribution in [2.24, 2.45) is 10.3 Å². The summed E-state index contributed by atoms with van der Waals surface area (Å²) in [6.45, 7) is 0. The van der Waals surface area contributed by atoms with Gasteiger partial charge in [0, 0.05) is 12.8 Å². The summed E-state index contributed by atoms with van der Waals surface area (Å²) in [5.74, 6) is 6.25. The molecule has 2 unspecified atom stereocenters. The number of nitrogens with zero attached hydrogens (tertiary/aromatic N) is 2. The Morgan fingerprint density at radius 2 is 2.36 bits per heavy atom. The van der Waals surface area contributed by atoms with Gasteiger partial charge in [-0.3, -0.25) is 5.43 Å². The van der Waals surface area contributed by atoms with Crippen molar-refractivity contribution in [2.45, 2.75) is 37.8 Å². The van der Waals surface area contributed by atoms with E-state index in [9.17, 15) is 0 Å². The van der Waals surface area contributed by atoms with E-state index in [0.717, 1.165) is 25.7 Å². The van der Waals surface area contributed by atoms with Crippen LogP contribution >= 0.6 is 0 Å². The summed E-state index contributed by atoms with van der Waals surface area (Å²) in [4.78, 5) is 0. The molecule has 1 aliphatic heterocycles. The van der Waals surface area contributed by atoms with Crippen LogP contribution in [-0.2, 0) is 0 Å². The third-order valence-corrected chi connectivity index (χ3v) is 2.14. The van der Waals surface area contributed by atoms with Gasteiger partial charge in [-0.15, -0.1) is 11.8 Å². The molecule has 0 aromatic carbocycles. The zero-order valence-corrected chi connectivity index (χ0v) is 6.38. The van der Waals surface area contributed by atoms with Gasteiger partial charge in [-0.05, 0) is 12.8 Å². The average molecular weight is 149 g/mol. The van der Waals surface area contributed by atoms with Crippen LogP contribution in [0.5, 0.6) is 0 Å². The van der Waals surface area contributed by atoms with Gasteiger partial charge >= 0.3 is 0 Å². The molecule has 0 spiro atoms. The minimum absolute atomic E-state index is 0.391. The van der Waals surface area contributed by atoms with E-state index in [1.54, 1.807) is 0 Å². The average Bonchev–Trinajstić information content (AvgIpc) is 2.35. The largest absolute Gasteiger partial charge is 0.286 e. The number of hydrogen-bond acceptors (Lipinski definition) is 3. The summed E-state index contributed by atoms with van der Waals surface area (Å²) in [6, 6.07) is 0.785. The maximum absolute atomic E-state index is 4.11. The Morgan fingerprint density at radius 1 is 1.36 bits per heavy atom. The van der Waals surface area contributed by atoms with Gasteiger partial charge in [0.25, 0.3) is 0 Å². The van der Waals surface area contributed by atoms with Gasteiger partial charge in [0.1, 0.15) is 0 Å². The molecule has 58 valence electrons. The second-order valence-corrected chi connectivity index (χ2v) is 2.97. The Labute approximate surface area is 66.2 Å². The van der Waals surface area contributed by atoms with Crippen LogP contribution in [0.1, 0.15) is 25.7 Å². The number of hydrogen-bond donors (Lipinski definition) is 1. The van der Waals surface area contributed by atoms with E-state index in [-0.39, 0.29) is 0 Å². The second-order valence-electron chi connectivity index (χ2n) is 2.97. The molecule has 0 amide bonds. The zero-order chi connectivity index (χ0) is 7.52. The maximum Gasteiger partial charge on any atom is 0.0956 e. The lowest BCUT2D eigenvalue weighted by atomic mass is 9.99. The molecule has 0 aromatic heterocycles. The van der Waals surface area contributed by atoms with E-state index in [1.165, 1.54) is 0 Å². The Balaban J connectivity index is 2.06. The van der Waals surface area contributed by atoms with Gasteiger partial charge in [0.2, 0.25) is 0 Å². The highest BCUT2D eigenvalue weighted by Crippen LogP contribution is 2.17. The fourth-order valence-electron chi connectivity index (χ4n) is 1.46. The van der Waals surface area contributed by atoms with Crippen LogP contribution in [0, 0.1) is 11.8 Å². The lowest BCUT2D eigenvalue weighted by Crippen LogP contribution is -2.30. The van der Waals surface area contributed by atoms with Crippen LogP contribution < -0.4 is 5.43 Å². The minimum Gasteiger partial charge on any atom is -0.286 e. The summed E-state index contributed by atoms with van der Waals surface area (Å²) in [5.41, 5.74) is 2.98. The van der Waals surface area contributed by atoms with Gasteiger partial charge in [0.15, 0.2) is 0 Å². The van der Waals surface area contributed by atoms with E-state index >= 15 is 0 Å². The van der Waals surface area contributed by atoms with Crippen LogP contribution in [0.2, 0.25) is 0 Å². The van der Waals surface area contributed by atoms with E-state index < -0.39 is 0 Å². The normalized spacial score (nSPS) is 34.2. The Kier molecular flexibility index (Phi) is 1.76. The Bertz CT molecular complexity index is 223. The van der Waals surface area contributed by atoms with Crippen molar-refractivity contribution < 1.29 is 0 Å². The number of nitrogens with one attached hydrogen (secondary N) is 1. The monoisotopic (exact) mass is 149 g/mol. The lowest BCUT2D eigenvalue weighted by molar-refractivity contribution is 0.480. The summed E-state index contributed by atoms with van der Waals surface area (Å²) >= 11 is 0. The molecule has 0 aromatic rings. The Morgan fingerprint density at radius 3 is 3.36 bits per heavy atom. The maximum atomic E-state index is 4.11. The summed E-state index contributed by atoms with van der Waals surface area (Å²) in [7, 11) is 0. The fourth-order valence-corrected chi connectivity index (χ4v) is 1.46. The van der Waals surface area contributed by atoms with Gasteiger partial charge in [-0.1, -0.05) is 5.22 Å². The first-order valence-corrected chi connectivity index (χ1v) is 4.08. The van der Waals surface area contributed by atoms with Crippen molar-refractivity contribution >= 4 is 0 Å². The van der Waals surface area contributed by atoms with Crippen LogP contribution in [0.4, 0.5) is 0 Å². The van der Waals surface area contributed by atoms with Gasteiger partial charge < -0.3 is 0 Å². The molecule has 2 rings (SSSR count). The molecule has 1 heterocycles. The highest BCUT2D eigenvalue weighted by molar-refractivity contribution is 5.05. The number of rotatable bonds is 0. The van der Waals surface area contributed by atoms with Gasteiger partial charge in [-0.2, -0.15) is 5.11 Å². The minimum atomic E-state index is 0.391. The first-order chi connectivity index (χ1) is 5.47. The van der Waals surface area contributed by atoms with Crippen LogP contribution in [-0.4, -0.2) is 12.1 Å². The van der Waals surface area contributed by atoms with E-state index in [4.69, 9.17) is 0 Å². The summed E-state index contributed by atoms with van der Waals surface area (Å²) in [6.07, 6.45) is 4.22. The zero-order valence-electron chi connectivity index (χ0n) is 6.38. The van der Waals surface area contributed by atoms with Gasteiger partial charge in [-0.25, -0.2) is 0 Å². The molecule has 1 N–H and O–H groups in total. The number of fused-ring (bicyclic) bond motifs is 1. The third-order valence-electron chi connectivity index (χ3n) is 2.14. The Hall–Kier alpha value is -1.04. The second kappa shape index (κ2) is 2.91. The first-order valence-electron chi connectivity index (χ1n) is 4.08. The topological polar surface area (TPSA) is 36.8 Å². The first kappa shape index (κ1) is 6.66. The quantitative estimate of drug-likeness (QED) is 0.517. The highest BCUT2D eigenvalue weighted by Gasteiger charge is 2.24. The van der Waals surface area contributed by atoms with Crippen molar-refractivity contribution in [1.82, 2.24) is 5.43 Å². The van der Waals surface area contributed by atoms with E-state index in [0.29, 0.717) is 12.1 Å². The van der Waals surface area contributed by atoms with Crippen molar-refractivity contribution in [1.29, 1.82) is 0 Å². The summed E-state index contributed by atoms with van der Waals surface area (Å²) < 4.78 is 0. The molecule has 3 nitrogen and oxygen atoms in total. The van der Waals surface area contributed by atoms with Crippen LogP contribution in [0.15, 0.2) is 10.3 Å². The van der Waals surface area contributed by atoms with E-state index in [1.807, 2.05) is 0 Å². The molecule has 3 heteroatoms. The van der Waals surface area contributed by atoms with Crippen molar-refractivity contribution in [3.8, 4) is 11.8 Å². The van der Waals surface area contributed by atoms with Crippen LogP contribution in [0.3, 0.4) is 0 Å². The van der Waals surface area contributed by atoms with Crippen molar-refractivity contribution in [2.75, 3.05) is 0 Å². The predicted molar refractivity (Wildman–Crippen MR) is 41.8 cm³/mol. The molecular weight excluding hydrogens is 138 g/mol.